The maximum absolute atomic E-state index is 13.7. The van der Waals surface area contributed by atoms with Crippen molar-refractivity contribution in [2.45, 2.75) is 18.9 Å². The van der Waals surface area contributed by atoms with Gasteiger partial charge in [0.2, 0.25) is 0 Å². The second kappa shape index (κ2) is 6.38. The van der Waals surface area contributed by atoms with Gasteiger partial charge in [-0.3, -0.25) is 4.98 Å². The highest BCUT2D eigenvalue weighted by Gasteiger charge is 2.15. The van der Waals surface area contributed by atoms with Crippen molar-refractivity contribution >= 4 is 0 Å². The van der Waals surface area contributed by atoms with Crippen LogP contribution in [0.4, 0.5) is 8.78 Å². The molecule has 0 aliphatic rings. The lowest BCUT2D eigenvalue weighted by Crippen LogP contribution is -2.19. The maximum atomic E-state index is 13.7. The number of hydrogen-bond donors (Lipinski definition) is 1. The first-order valence-corrected chi connectivity index (χ1v) is 6.23. The second-order valence-electron chi connectivity index (χ2n) is 4.37. The van der Waals surface area contributed by atoms with E-state index in [1.165, 1.54) is 6.07 Å². The van der Waals surface area contributed by atoms with E-state index >= 15 is 0 Å². The molecule has 0 aliphatic carbocycles. The van der Waals surface area contributed by atoms with Gasteiger partial charge in [0, 0.05) is 23.5 Å². The number of hydrogen-bond acceptors (Lipinski definition) is 2. The molecular weight excluding hydrogens is 246 g/mol. The van der Waals surface area contributed by atoms with Gasteiger partial charge in [0.1, 0.15) is 11.6 Å². The molecule has 1 N–H and O–H groups in total. The van der Waals surface area contributed by atoms with Gasteiger partial charge >= 0.3 is 0 Å². The third-order valence-electron chi connectivity index (χ3n) is 3.10. The lowest BCUT2D eigenvalue weighted by molar-refractivity contribution is 0.499. The summed E-state index contributed by atoms with van der Waals surface area (Å²) in [6, 6.07) is 9.01. The number of aromatic nitrogens is 1. The fourth-order valence-electron chi connectivity index (χ4n) is 2.08. The number of pyridine rings is 1. The molecule has 0 saturated carbocycles. The number of aryl methyl sites for hydroxylation is 1. The first kappa shape index (κ1) is 13.6. The van der Waals surface area contributed by atoms with Crippen LogP contribution in [0.3, 0.4) is 0 Å². The smallest absolute Gasteiger partial charge is 0.128 e. The molecule has 4 heteroatoms. The number of nitrogens with one attached hydrogen (secondary N) is 1. The van der Waals surface area contributed by atoms with Crippen molar-refractivity contribution in [1.82, 2.24) is 10.3 Å². The van der Waals surface area contributed by atoms with E-state index in [1.807, 2.05) is 18.2 Å². The highest BCUT2D eigenvalue weighted by Crippen LogP contribution is 2.22. The van der Waals surface area contributed by atoms with Crippen LogP contribution < -0.4 is 5.32 Å². The first-order chi connectivity index (χ1) is 9.20. The molecule has 19 heavy (non-hydrogen) atoms. The summed E-state index contributed by atoms with van der Waals surface area (Å²) >= 11 is 0. The Bertz CT molecular complexity index is 529. The van der Waals surface area contributed by atoms with Crippen LogP contribution in [0.1, 0.15) is 23.7 Å². The largest absolute Gasteiger partial charge is 0.313 e. The Morgan fingerprint density at radius 2 is 2.05 bits per heavy atom. The topological polar surface area (TPSA) is 24.9 Å². The number of rotatable bonds is 5. The minimum atomic E-state index is -0.422. The van der Waals surface area contributed by atoms with Crippen molar-refractivity contribution in [3.63, 3.8) is 0 Å². The third kappa shape index (κ3) is 3.58. The molecule has 0 saturated heterocycles. The fourth-order valence-corrected chi connectivity index (χ4v) is 2.08. The number of halogens is 2. The normalized spacial score (nSPS) is 12.4. The predicted octanol–water partition coefficient (Wildman–Crippen LogP) is 3.25. The molecule has 2 rings (SSSR count). The monoisotopic (exact) mass is 262 g/mol. The molecule has 1 aromatic carbocycles. The molecule has 2 nitrogen and oxygen atoms in total. The molecule has 2 aromatic rings. The summed E-state index contributed by atoms with van der Waals surface area (Å²) in [5.41, 5.74) is 1.30. The summed E-state index contributed by atoms with van der Waals surface area (Å²) in [5, 5.41) is 3.02. The van der Waals surface area contributed by atoms with Gasteiger partial charge in [0.25, 0.3) is 0 Å². The van der Waals surface area contributed by atoms with E-state index in [0.29, 0.717) is 18.4 Å². The van der Waals surface area contributed by atoms with Crippen molar-refractivity contribution in [3.8, 4) is 0 Å². The van der Waals surface area contributed by atoms with E-state index in [1.54, 1.807) is 13.2 Å². The van der Waals surface area contributed by atoms with Crippen LogP contribution in [0, 0.1) is 11.6 Å². The Morgan fingerprint density at radius 1 is 1.21 bits per heavy atom. The summed E-state index contributed by atoms with van der Waals surface area (Å²) in [6.45, 7) is 0. The van der Waals surface area contributed by atoms with Crippen LogP contribution in [-0.4, -0.2) is 12.0 Å². The highest BCUT2D eigenvalue weighted by molar-refractivity contribution is 5.22. The summed E-state index contributed by atoms with van der Waals surface area (Å²) in [7, 11) is 1.74. The van der Waals surface area contributed by atoms with Crippen molar-refractivity contribution < 1.29 is 8.78 Å². The van der Waals surface area contributed by atoms with E-state index in [0.717, 1.165) is 17.8 Å². The molecule has 1 atom stereocenters. The molecule has 0 aliphatic heterocycles. The van der Waals surface area contributed by atoms with Gasteiger partial charge in [0.15, 0.2) is 0 Å². The van der Waals surface area contributed by atoms with Gasteiger partial charge in [0.05, 0.1) is 0 Å². The Morgan fingerprint density at radius 3 is 2.74 bits per heavy atom. The van der Waals surface area contributed by atoms with Crippen LogP contribution in [0.15, 0.2) is 42.6 Å². The predicted molar refractivity (Wildman–Crippen MR) is 70.7 cm³/mol. The van der Waals surface area contributed by atoms with Crippen molar-refractivity contribution in [2.24, 2.45) is 0 Å². The molecule has 0 spiro atoms. The zero-order valence-corrected chi connectivity index (χ0v) is 10.7. The molecule has 0 fully saturated rings. The zero-order valence-electron chi connectivity index (χ0n) is 10.7. The molecule has 1 aromatic heterocycles. The Balaban J connectivity index is 2.10. The zero-order chi connectivity index (χ0) is 13.7. The SMILES string of the molecule is CNC(CCc1ccccn1)c1cc(F)ccc1F. The van der Waals surface area contributed by atoms with Crippen molar-refractivity contribution in [1.29, 1.82) is 0 Å². The average Bonchev–Trinajstić information content (AvgIpc) is 2.44. The molecule has 1 unspecified atom stereocenters. The van der Waals surface area contributed by atoms with E-state index in [9.17, 15) is 8.78 Å². The summed E-state index contributed by atoms with van der Waals surface area (Å²) in [6.07, 6.45) is 3.10. The third-order valence-corrected chi connectivity index (χ3v) is 3.10. The van der Waals surface area contributed by atoms with E-state index < -0.39 is 5.82 Å². The summed E-state index contributed by atoms with van der Waals surface area (Å²) in [5.74, 6) is -0.809. The Hall–Kier alpha value is -1.81. The Labute approximate surface area is 111 Å². The number of nitrogens with zero attached hydrogens (tertiary/aromatic N) is 1. The van der Waals surface area contributed by atoms with Gasteiger partial charge in [-0.2, -0.15) is 0 Å². The minimum Gasteiger partial charge on any atom is -0.313 e. The highest BCUT2D eigenvalue weighted by atomic mass is 19.1. The average molecular weight is 262 g/mol. The number of benzene rings is 1. The second-order valence-corrected chi connectivity index (χ2v) is 4.37. The summed E-state index contributed by atoms with van der Waals surface area (Å²) in [4.78, 5) is 4.22. The van der Waals surface area contributed by atoms with Gasteiger partial charge in [-0.25, -0.2) is 8.78 Å². The summed E-state index contributed by atoms with van der Waals surface area (Å²) < 4.78 is 26.9. The molecular formula is C15H16F2N2. The minimum absolute atomic E-state index is 0.224. The van der Waals surface area contributed by atoms with E-state index in [4.69, 9.17) is 0 Å². The Kier molecular flexibility index (Phi) is 4.58. The fraction of sp³-hybridized carbons (Fsp3) is 0.267. The first-order valence-electron chi connectivity index (χ1n) is 6.23. The van der Waals surface area contributed by atoms with Gasteiger partial charge < -0.3 is 5.32 Å². The molecule has 0 radical (unpaired) electrons. The molecule has 1 heterocycles. The van der Waals surface area contributed by atoms with E-state index in [-0.39, 0.29) is 11.9 Å². The van der Waals surface area contributed by atoms with Crippen LogP contribution >= 0.6 is 0 Å². The van der Waals surface area contributed by atoms with Gasteiger partial charge in [-0.1, -0.05) is 6.07 Å². The van der Waals surface area contributed by atoms with Gasteiger partial charge in [-0.15, -0.1) is 0 Å². The standard InChI is InChI=1S/C15H16F2N2/c1-18-15(8-6-12-4-2-3-9-19-12)13-10-11(16)5-7-14(13)17/h2-5,7,9-10,15,18H,6,8H2,1H3. The molecule has 0 bridgehead atoms. The van der Waals surface area contributed by atoms with Crippen LogP contribution in [-0.2, 0) is 6.42 Å². The van der Waals surface area contributed by atoms with Crippen molar-refractivity contribution in [2.75, 3.05) is 7.05 Å². The van der Waals surface area contributed by atoms with E-state index in [2.05, 4.69) is 10.3 Å². The maximum Gasteiger partial charge on any atom is 0.128 e. The molecule has 100 valence electrons. The van der Waals surface area contributed by atoms with Crippen LogP contribution in [0.2, 0.25) is 0 Å². The molecule has 0 amide bonds. The van der Waals surface area contributed by atoms with Crippen LogP contribution in [0.25, 0.3) is 0 Å². The quantitative estimate of drug-likeness (QED) is 0.894. The lowest BCUT2D eigenvalue weighted by atomic mass is 10.00. The van der Waals surface area contributed by atoms with Crippen molar-refractivity contribution in [3.05, 3.63) is 65.5 Å². The van der Waals surface area contributed by atoms with Crippen LogP contribution in [0.5, 0.6) is 0 Å². The lowest BCUT2D eigenvalue weighted by Gasteiger charge is -2.17. The van der Waals surface area contributed by atoms with Gasteiger partial charge in [-0.05, 0) is 50.2 Å².